The first kappa shape index (κ1) is 15.9. The van der Waals surface area contributed by atoms with E-state index in [9.17, 15) is 0 Å². The molecule has 0 amide bonds. The number of allylic oxidation sites excluding steroid dienone is 1. The molecule has 0 aliphatic rings. The summed E-state index contributed by atoms with van der Waals surface area (Å²) in [6.07, 6.45) is 2.36. The van der Waals surface area contributed by atoms with Crippen molar-refractivity contribution in [2.45, 2.75) is 40.5 Å². The molecule has 0 saturated heterocycles. The third kappa shape index (κ3) is 86.6. The molecule has 0 spiro atoms. The van der Waals surface area contributed by atoms with Gasteiger partial charge >= 0.3 is 0 Å². The van der Waals surface area contributed by atoms with Crippen molar-refractivity contribution < 1.29 is 0 Å². The Morgan fingerprint density at radius 2 is 1.33 bits per heavy atom. The molecule has 0 aromatic carbocycles. The Morgan fingerprint density at radius 3 is 1.33 bits per heavy atom. The molecule has 58 valence electrons. The third-order valence-electron chi connectivity index (χ3n) is 0.604. The highest BCUT2D eigenvalue weighted by Gasteiger charge is 1.67. The minimum Gasteiger partial charge on any atom is -0.344 e. The fraction of sp³-hybridized carbons (Fsp3) is 0.750. The molecule has 0 aliphatic carbocycles. The smallest absolute Gasteiger partial charge is 0.0354 e. The van der Waals surface area contributed by atoms with Gasteiger partial charge in [-0.2, -0.15) is 0 Å². The molecule has 0 aliphatic heterocycles. The van der Waals surface area contributed by atoms with E-state index in [-0.39, 0.29) is 6.15 Å². The van der Waals surface area contributed by atoms with Crippen LogP contribution in [0.5, 0.6) is 0 Å². The minimum absolute atomic E-state index is 0. The van der Waals surface area contributed by atoms with Gasteiger partial charge in [-0.15, -0.1) is 6.58 Å². The molecule has 0 rings (SSSR count). The predicted molar refractivity (Wildman–Crippen MR) is 46.1 cm³/mol. The van der Waals surface area contributed by atoms with Crippen LogP contribution in [0.4, 0.5) is 0 Å². The van der Waals surface area contributed by atoms with E-state index >= 15 is 0 Å². The molecule has 0 fully saturated rings. The maximum atomic E-state index is 3.67. The molecule has 3 N–H and O–H groups in total. The summed E-state index contributed by atoms with van der Waals surface area (Å²) >= 11 is 0. The van der Waals surface area contributed by atoms with Gasteiger partial charge in [-0.05, 0) is 13.3 Å². The van der Waals surface area contributed by atoms with E-state index < -0.39 is 0 Å². The molecule has 1 heteroatoms. The van der Waals surface area contributed by atoms with E-state index in [1.807, 2.05) is 6.92 Å². The van der Waals surface area contributed by atoms with Crippen LogP contribution in [0.3, 0.4) is 0 Å². The molecule has 1 nitrogen and oxygen atoms in total. The Hall–Kier alpha value is -0.300. The van der Waals surface area contributed by atoms with E-state index in [1.165, 1.54) is 12.0 Å². The third-order valence-corrected chi connectivity index (χ3v) is 0.604. The van der Waals surface area contributed by atoms with Gasteiger partial charge < -0.3 is 6.15 Å². The highest BCUT2D eigenvalue weighted by atomic mass is 14.0. The molecular formula is C8H21N. The maximum absolute atomic E-state index is 3.67. The fourth-order valence-corrected chi connectivity index (χ4v) is 0. The summed E-state index contributed by atoms with van der Waals surface area (Å²) < 4.78 is 0. The number of rotatable bonds is 1. The highest BCUT2D eigenvalue weighted by Crippen LogP contribution is 1.88. The predicted octanol–water partition coefficient (Wildman–Crippen LogP) is 3.55. The van der Waals surface area contributed by atoms with Gasteiger partial charge in [0.1, 0.15) is 0 Å². The minimum atomic E-state index is 0. The summed E-state index contributed by atoms with van der Waals surface area (Å²) in [7, 11) is 0. The van der Waals surface area contributed by atoms with Crippen molar-refractivity contribution in [1.82, 2.24) is 6.15 Å². The quantitative estimate of drug-likeness (QED) is 0.543. The molecule has 0 heterocycles. The largest absolute Gasteiger partial charge is 0.344 e. The molecule has 0 unspecified atom stereocenters. The van der Waals surface area contributed by atoms with E-state index in [2.05, 4.69) is 27.4 Å². The Bertz CT molecular complexity index is 48.5. The summed E-state index contributed by atoms with van der Waals surface area (Å²) in [5, 5.41) is 0. The second kappa shape index (κ2) is 15.6. The van der Waals surface area contributed by atoms with Crippen molar-refractivity contribution in [3.63, 3.8) is 0 Å². The molecule has 0 aromatic rings. The van der Waals surface area contributed by atoms with E-state index in [1.54, 1.807) is 0 Å². The van der Waals surface area contributed by atoms with Crippen LogP contribution in [0.25, 0.3) is 0 Å². The van der Waals surface area contributed by atoms with Gasteiger partial charge in [-0.25, -0.2) is 0 Å². The maximum Gasteiger partial charge on any atom is -0.0354 e. The lowest BCUT2D eigenvalue weighted by molar-refractivity contribution is 1.09. The van der Waals surface area contributed by atoms with Gasteiger partial charge in [-0.1, -0.05) is 32.8 Å². The van der Waals surface area contributed by atoms with Crippen LogP contribution in [-0.2, 0) is 0 Å². The second-order valence-electron chi connectivity index (χ2n) is 2.02. The van der Waals surface area contributed by atoms with Gasteiger partial charge in [0.15, 0.2) is 0 Å². The average Bonchev–Trinajstić information content (AvgIpc) is 1.69. The van der Waals surface area contributed by atoms with Crippen LogP contribution in [0.1, 0.15) is 40.5 Å². The summed E-state index contributed by atoms with van der Waals surface area (Å²) in [6.45, 7) is 12.1. The fourth-order valence-electron chi connectivity index (χ4n) is 0. The normalized spacial score (nSPS) is 6.22. The first-order valence-corrected chi connectivity index (χ1v) is 3.33. The van der Waals surface area contributed by atoms with Crippen molar-refractivity contribution in [1.29, 1.82) is 0 Å². The van der Waals surface area contributed by atoms with E-state index in [0.717, 1.165) is 6.42 Å². The molecular weight excluding hydrogens is 110 g/mol. The standard InChI is InChI=1S/C5H10.C3H8.H3N/c1-4-5(2)3;1-3-2;/h2,4H2,1,3H3;3H2,1-2H3;1H3. The van der Waals surface area contributed by atoms with Crippen LogP contribution in [0.2, 0.25) is 0 Å². The summed E-state index contributed by atoms with van der Waals surface area (Å²) in [6, 6.07) is 0. The van der Waals surface area contributed by atoms with Crippen LogP contribution in [0.15, 0.2) is 12.2 Å². The average molecular weight is 131 g/mol. The topological polar surface area (TPSA) is 35.0 Å². The summed E-state index contributed by atoms with van der Waals surface area (Å²) in [5.41, 5.74) is 1.25. The van der Waals surface area contributed by atoms with Crippen molar-refractivity contribution >= 4 is 0 Å². The first-order chi connectivity index (χ1) is 3.68. The molecule has 0 saturated carbocycles. The van der Waals surface area contributed by atoms with Crippen molar-refractivity contribution in [3.05, 3.63) is 12.2 Å². The van der Waals surface area contributed by atoms with Crippen molar-refractivity contribution in [2.75, 3.05) is 0 Å². The monoisotopic (exact) mass is 131 g/mol. The Kier molecular flexibility index (Phi) is 27.6. The van der Waals surface area contributed by atoms with Gasteiger partial charge in [0, 0.05) is 0 Å². The zero-order chi connectivity index (χ0) is 6.99. The molecule has 0 bridgehead atoms. The highest BCUT2D eigenvalue weighted by molar-refractivity contribution is 4.84. The molecule has 0 atom stereocenters. The molecule has 0 radical (unpaired) electrons. The lowest BCUT2D eigenvalue weighted by atomic mass is 10.3. The molecule has 9 heavy (non-hydrogen) atoms. The Balaban J connectivity index is -0.0000000800. The lowest BCUT2D eigenvalue weighted by Crippen LogP contribution is -1.58. The first-order valence-electron chi connectivity index (χ1n) is 3.33. The zero-order valence-electron chi connectivity index (χ0n) is 7.33. The lowest BCUT2D eigenvalue weighted by Gasteiger charge is -1.79. The Morgan fingerprint density at radius 1 is 1.22 bits per heavy atom. The van der Waals surface area contributed by atoms with Crippen LogP contribution >= 0.6 is 0 Å². The van der Waals surface area contributed by atoms with Gasteiger partial charge in [-0.3, -0.25) is 0 Å². The SMILES string of the molecule is C=C(C)CC.CCC.N. The second-order valence-corrected chi connectivity index (χ2v) is 2.02. The van der Waals surface area contributed by atoms with Gasteiger partial charge in [0.2, 0.25) is 0 Å². The number of hydrogen-bond acceptors (Lipinski definition) is 1. The van der Waals surface area contributed by atoms with Gasteiger partial charge in [0.05, 0.1) is 0 Å². The zero-order valence-corrected chi connectivity index (χ0v) is 7.33. The van der Waals surface area contributed by atoms with Crippen LogP contribution in [-0.4, -0.2) is 0 Å². The van der Waals surface area contributed by atoms with Crippen LogP contribution in [0, 0.1) is 0 Å². The van der Waals surface area contributed by atoms with Crippen molar-refractivity contribution in [2.24, 2.45) is 0 Å². The Labute approximate surface area is 59.7 Å². The molecule has 0 aromatic heterocycles. The van der Waals surface area contributed by atoms with E-state index in [0.29, 0.717) is 0 Å². The van der Waals surface area contributed by atoms with Crippen molar-refractivity contribution in [3.8, 4) is 0 Å². The number of hydrogen-bond donors (Lipinski definition) is 1. The van der Waals surface area contributed by atoms with Crippen LogP contribution < -0.4 is 6.15 Å². The summed E-state index contributed by atoms with van der Waals surface area (Å²) in [4.78, 5) is 0. The van der Waals surface area contributed by atoms with Gasteiger partial charge in [0.25, 0.3) is 0 Å². The summed E-state index contributed by atoms with van der Waals surface area (Å²) in [5.74, 6) is 0. The van der Waals surface area contributed by atoms with E-state index in [4.69, 9.17) is 0 Å².